The van der Waals surface area contributed by atoms with Gasteiger partial charge in [0.1, 0.15) is 23.1 Å². The fraction of sp³-hybridized carbons (Fsp3) is 0.0625. The monoisotopic (exact) mass is 552 g/mol. The number of aliphatic imine (C=N–C) groups is 1. The Morgan fingerprint density at radius 3 is 1.93 bits per heavy atom. The van der Waals surface area contributed by atoms with Gasteiger partial charge in [0.05, 0.1) is 5.69 Å². The third-order valence-electron chi connectivity index (χ3n) is 6.62. The second kappa shape index (κ2) is 12.0. The number of ether oxygens (including phenoxy) is 1. The zero-order valence-corrected chi connectivity index (χ0v) is 22.0. The normalized spacial score (nSPS) is 14.1. The van der Waals surface area contributed by atoms with Gasteiger partial charge >= 0.3 is 5.97 Å². The van der Waals surface area contributed by atoms with Gasteiger partial charge in [0.25, 0.3) is 6.71 Å². The second-order valence-electron chi connectivity index (χ2n) is 9.22. The summed E-state index contributed by atoms with van der Waals surface area (Å²) in [4.78, 5) is 18.9. The van der Waals surface area contributed by atoms with Crippen molar-refractivity contribution in [2.75, 3.05) is 11.4 Å². The summed E-state index contributed by atoms with van der Waals surface area (Å²) in [5.74, 6) is -1.62. The molecule has 4 aromatic carbocycles. The van der Waals surface area contributed by atoms with Crippen LogP contribution < -0.4 is 20.6 Å². The first kappa shape index (κ1) is 27.5. The summed E-state index contributed by atoms with van der Waals surface area (Å²) in [7, 11) is 0. The number of benzene rings is 4. The highest BCUT2D eigenvalue weighted by Crippen LogP contribution is 2.38. The van der Waals surface area contributed by atoms with Crippen LogP contribution in [0, 0.1) is 17.5 Å². The maximum atomic E-state index is 13.9. The van der Waals surface area contributed by atoms with E-state index in [0.717, 1.165) is 5.69 Å². The number of carboxylic acid groups (broad SMARTS) is 1. The molecule has 1 aliphatic heterocycles. The molecule has 0 unspecified atom stereocenters. The van der Waals surface area contributed by atoms with Crippen LogP contribution in [0.15, 0.2) is 126 Å². The van der Waals surface area contributed by atoms with Crippen molar-refractivity contribution in [1.29, 1.82) is 0 Å². The number of rotatable bonds is 8. The number of allylic oxidation sites excluding steroid dienone is 2. The minimum absolute atomic E-state index is 0.248. The highest BCUT2D eigenvalue weighted by atomic mass is 19.1. The van der Waals surface area contributed by atoms with E-state index in [0.29, 0.717) is 34.7 Å². The molecule has 5 rings (SSSR count). The SMILES string of the molecule is CCN1C(=CC=C(N=C(B(c2ccc(F)cc2)c2ccc(F)cc2)c2ccc(F)cc2)C(=O)O)Oc2ccccc21. The maximum absolute atomic E-state index is 13.9. The van der Waals surface area contributed by atoms with Gasteiger partial charge in [-0.25, -0.2) is 18.0 Å². The summed E-state index contributed by atoms with van der Waals surface area (Å²) in [6.45, 7) is 1.79. The maximum Gasteiger partial charge on any atom is 0.354 e. The summed E-state index contributed by atoms with van der Waals surface area (Å²) in [5, 5.41) is 10.2. The number of halogens is 3. The van der Waals surface area contributed by atoms with Crippen LogP contribution in [0.3, 0.4) is 0 Å². The molecule has 1 aliphatic rings. The van der Waals surface area contributed by atoms with Gasteiger partial charge in [-0.15, -0.1) is 0 Å². The van der Waals surface area contributed by atoms with Gasteiger partial charge in [0, 0.05) is 18.2 Å². The van der Waals surface area contributed by atoms with Crippen molar-refractivity contribution in [2.24, 2.45) is 4.99 Å². The molecule has 41 heavy (non-hydrogen) atoms. The number of aliphatic carboxylic acids is 1. The number of fused-ring (bicyclic) bond motifs is 1. The van der Waals surface area contributed by atoms with Crippen LogP contribution in [0.25, 0.3) is 0 Å². The van der Waals surface area contributed by atoms with Crippen LogP contribution in [0.1, 0.15) is 12.5 Å². The number of nitrogens with zero attached hydrogens (tertiary/aromatic N) is 2. The average molecular weight is 552 g/mol. The Labute approximate surface area is 235 Å². The summed E-state index contributed by atoms with van der Waals surface area (Å²) >= 11 is 0. The standard InChI is InChI=1S/C32H24BF3N2O3/c1-2-38-28-5-3-4-6-29(28)41-30(38)20-19-27(32(39)40)37-31(21-7-13-24(34)14-8-21)33(22-9-15-25(35)16-10-22)23-11-17-26(36)18-12-23/h3-20H,2H2,1H3,(H,39,40). The molecule has 0 aromatic heterocycles. The Morgan fingerprint density at radius 2 is 1.39 bits per heavy atom. The van der Waals surface area contributed by atoms with E-state index in [1.165, 1.54) is 60.7 Å². The van der Waals surface area contributed by atoms with Crippen molar-refractivity contribution in [2.45, 2.75) is 6.92 Å². The van der Waals surface area contributed by atoms with Gasteiger partial charge in [-0.1, -0.05) is 59.5 Å². The predicted molar refractivity (Wildman–Crippen MR) is 155 cm³/mol. The molecule has 1 heterocycles. The third-order valence-corrected chi connectivity index (χ3v) is 6.62. The second-order valence-corrected chi connectivity index (χ2v) is 9.22. The molecule has 0 aliphatic carbocycles. The summed E-state index contributed by atoms with van der Waals surface area (Å²) < 4.78 is 47.6. The largest absolute Gasteiger partial charge is 0.477 e. The Morgan fingerprint density at radius 1 is 0.854 bits per heavy atom. The minimum atomic E-state index is -1.31. The van der Waals surface area contributed by atoms with Crippen molar-refractivity contribution in [3.63, 3.8) is 0 Å². The molecule has 0 spiro atoms. The Bertz CT molecular complexity index is 1610. The molecule has 0 bridgehead atoms. The lowest BCUT2D eigenvalue weighted by molar-refractivity contribution is -0.132. The first-order valence-electron chi connectivity index (χ1n) is 12.9. The number of anilines is 1. The highest BCUT2D eigenvalue weighted by Gasteiger charge is 2.29. The van der Waals surface area contributed by atoms with Crippen molar-refractivity contribution < 1.29 is 27.8 Å². The molecule has 0 saturated carbocycles. The Kier molecular flexibility index (Phi) is 8.05. The van der Waals surface area contributed by atoms with E-state index in [1.807, 2.05) is 36.1 Å². The van der Waals surface area contributed by atoms with Crippen molar-refractivity contribution in [3.8, 4) is 5.75 Å². The van der Waals surface area contributed by atoms with Crippen LogP contribution in [0.4, 0.5) is 18.9 Å². The molecule has 0 saturated heterocycles. The van der Waals surface area contributed by atoms with E-state index in [4.69, 9.17) is 4.74 Å². The van der Waals surface area contributed by atoms with E-state index in [1.54, 1.807) is 24.3 Å². The minimum Gasteiger partial charge on any atom is -0.477 e. The van der Waals surface area contributed by atoms with E-state index in [-0.39, 0.29) is 11.3 Å². The lowest BCUT2D eigenvalue weighted by Gasteiger charge is -2.19. The fourth-order valence-electron chi connectivity index (χ4n) is 4.67. The molecule has 1 N–H and O–H groups in total. The van der Waals surface area contributed by atoms with Gasteiger partial charge in [0.2, 0.25) is 5.88 Å². The fourth-order valence-corrected chi connectivity index (χ4v) is 4.67. The van der Waals surface area contributed by atoms with E-state index >= 15 is 0 Å². The van der Waals surface area contributed by atoms with Crippen LogP contribution in [0.5, 0.6) is 5.75 Å². The topological polar surface area (TPSA) is 62.1 Å². The highest BCUT2D eigenvalue weighted by molar-refractivity contribution is 7.10. The molecule has 0 fully saturated rings. The third kappa shape index (κ3) is 6.09. The van der Waals surface area contributed by atoms with Crippen LogP contribution in [-0.4, -0.2) is 29.9 Å². The number of hydrogen-bond donors (Lipinski definition) is 1. The van der Waals surface area contributed by atoms with Gasteiger partial charge in [-0.05, 0) is 67.1 Å². The number of hydrogen-bond acceptors (Lipinski definition) is 4. The van der Waals surface area contributed by atoms with Crippen LogP contribution in [-0.2, 0) is 4.79 Å². The zero-order chi connectivity index (χ0) is 28.9. The average Bonchev–Trinajstić information content (AvgIpc) is 3.34. The molecule has 0 radical (unpaired) electrons. The first-order valence-corrected chi connectivity index (χ1v) is 12.9. The smallest absolute Gasteiger partial charge is 0.354 e. The van der Waals surface area contributed by atoms with Gasteiger partial charge < -0.3 is 14.7 Å². The number of para-hydroxylation sites is 2. The van der Waals surface area contributed by atoms with Gasteiger partial charge in [-0.2, -0.15) is 0 Å². The molecule has 5 nitrogen and oxygen atoms in total. The lowest BCUT2D eigenvalue weighted by Crippen LogP contribution is -2.50. The van der Waals surface area contributed by atoms with E-state index < -0.39 is 30.1 Å². The Hall–Kier alpha value is -5.05. The molecule has 0 atom stereocenters. The van der Waals surface area contributed by atoms with E-state index in [2.05, 4.69) is 4.99 Å². The number of carboxylic acids is 1. The van der Waals surface area contributed by atoms with Crippen molar-refractivity contribution in [1.82, 2.24) is 0 Å². The molecule has 9 heteroatoms. The molecule has 4 aromatic rings. The van der Waals surface area contributed by atoms with Crippen molar-refractivity contribution in [3.05, 3.63) is 144 Å². The van der Waals surface area contributed by atoms with Crippen molar-refractivity contribution >= 4 is 34.9 Å². The van der Waals surface area contributed by atoms with E-state index in [9.17, 15) is 23.1 Å². The predicted octanol–water partition coefficient (Wildman–Crippen LogP) is 5.47. The molecular weight excluding hydrogens is 528 g/mol. The quantitative estimate of drug-likeness (QED) is 0.179. The van der Waals surface area contributed by atoms with Crippen LogP contribution >= 0.6 is 0 Å². The Balaban J connectivity index is 1.67. The lowest BCUT2D eigenvalue weighted by atomic mass is 9.36. The molecule has 0 amide bonds. The zero-order valence-electron chi connectivity index (χ0n) is 22.0. The molecule has 204 valence electrons. The summed E-state index contributed by atoms with van der Waals surface area (Å²) in [6, 6.07) is 24.2. The van der Waals surface area contributed by atoms with Crippen LogP contribution in [0.2, 0.25) is 0 Å². The number of carbonyl (C=O) groups is 1. The summed E-state index contributed by atoms with van der Waals surface area (Å²) in [6.07, 6.45) is 2.87. The molecular formula is C32H24BF3N2O3. The first-order chi connectivity index (χ1) is 19.8. The van der Waals surface area contributed by atoms with Gasteiger partial charge in [0.15, 0.2) is 5.75 Å². The summed E-state index contributed by atoms with van der Waals surface area (Å²) in [5.41, 5.74) is 2.38. The van der Waals surface area contributed by atoms with Gasteiger partial charge in [-0.3, -0.25) is 4.99 Å².